The molecular weight excluding hydrogens is 208 g/mol. The molecule has 4 atom stereocenters. The molecule has 2 aliphatic carbocycles. The number of ether oxygens (including phenoxy) is 1. The first kappa shape index (κ1) is 10.0. The minimum absolute atomic E-state index is 0.265. The molecule has 3 rings (SSSR count). The lowest BCUT2D eigenvalue weighted by molar-refractivity contribution is 0.0401. The van der Waals surface area contributed by atoms with Gasteiger partial charge in [-0.3, -0.25) is 4.21 Å². The van der Waals surface area contributed by atoms with Gasteiger partial charge in [-0.2, -0.15) is 0 Å². The molecule has 2 nitrogen and oxygen atoms in total. The second-order valence-corrected chi connectivity index (χ2v) is 9.25. The van der Waals surface area contributed by atoms with E-state index in [4.69, 9.17) is 4.74 Å². The van der Waals surface area contributed by atoms with Gasteiger partial charge in [0, 0.05) is 5.75 Å². The minimum atomic E-state index is -1.92. The molecule has 4 unspecified atom stereocenters. The third-order valence-electron chi connectivity index (χ3n) is 4.52. The Morgan fingerprint density at radius 3 is 2.67 bits per heavy atom. The van der Waals surface area contributed by atoms with E-state index in [0.29, 0.717) is 5.92 Å². The van der Waals surface area contributed by atoms with E-state index in [9.17, 15) is 4.21 Å². The summed E-state index contributed by atoms with van der Waals surface area (Å²) in [5.74, 6) is 3.03. The van der Waals surface area contributed by atoms with Crippen molar-refractivity contribution in [2.45, 2.75) is 24.7 Å². The number of fused-ring (bicyclic) bond motifs is 2. The van der Waals surface area contributed by atoms with Crippen LogP contribution in [0.1, 0.15) is 19.8 Å². The quantitative estimate of drug-likeness (QED) is 0.451. The Labute approximate surface area is 92.5 Å². The van der Waals surface area contributed by atoms with Crippen molar-refractivity contribution < 1.29 is 8.95 Å². The van der Waals surface area contributed by atoms with Crippen LogP contribution in [0.5, 0.6) is 0 Å². The van der Waals surface area contributed by atoms with Gasteiger partial charge in [0.1, 0.15) is 4.93 Å². The van der Waals surface area contributed by atoms with Gasteiger partial charge < -0.3 is 4.74 Å². The molecule has 3 heteroatoms. The van der Waals surface area contributed by atoms with Crippen LogP contribution < -0.4 is 0 Å². The Hall–Kier alpha value is -0.150. The molecule has 1 heterocycles. The van der Waals surface area contributed by atoms with Crippen LogP contribution in [0.3, 0.4) is 0 Å². The molecule has 0 amide bonds. The maximum atomic E-state index is 11.8. The first-order chi connectivity index (χ1) is 7.00. The normalized spacial score (nSPS) is 52.0. The summed E-state index contributed by atoms with van der Waals surface area (Å²) < 4.78 is 17.7. The fourth-order valence-electron chi connectivity index (χ4n) is 3.08. The van der Waals surface area contributed by atoms with E-state index in [0.717, 1.165) is 24.2 Å². The van der Waals surface area contributed by atoms with Crippen molar-refractivity contribution in [2.75, 3.05) is 18.6 Å². The number of hydrogen-bond acceptors (Lipinski definition) is 2. The lowest BCUT2D eigenvalue weighted by Crippen LogP contribution is -2.23. The maximum Gasteiger partial charge on any atom is 0.127 e. The second-order valence-electron chi connectivity index (χ2n) is 5.79. The van der Waals surface area contributed by atoms with Crippen LogP contribution in [0.15, 0.2) is 12.2 Å². The average Bonchev–Trinajstić information content (AvgIpc) is 2.64. The zero-order valence-electron chi connectivity index (χ0n) is 9.48. The largest absolute Gasteiger partial charge is 0.363 e. The van der Waals surface area contributed by atoms with Gasteiger partial charge in [0.15, 0.2) is 0 Å². The molecule has 1 saturated heterocycles. The molecule has 1 aliphatic heterocycles. The van der Waals surface area contributed by atoms with Crippen LogP contribution in [0.4, 0.5) is 0 Å². The van der Waals surface area contributed by atoms with E-state index in [-0.39, 0.29) is 4.93 Å². The summed E-state index contributed by atoms with van der Waals surface area (Å²) in [6, 6.07) is 0. The predicted molar refractivity (Wildman–Crippen MR) is 63.5 cm³/mol. The fourth-order valence-corrected chi connectivity index (χ4v) is 5.16. The van der Waals surface area contributed by atoms with Crippen molar-refractivity contribution in [2.24, 2.45) is 17.8 Å². The highest BCUT2D eigenvalue weighted by molar-refractivity contribution is 8.10. The third kappa shape index (κ3) is 1.51. The molecule has 0 aromatic heterocycles. The molecule has 0 aromatic carbocycles. The molecule has 1 saturated carbocycles. The van der Waals surface area contributed by atoms with Gasteiger partial charge in [-0.05, 0) is 43.8 Å². The van der Waals surface area contributed by atoms with Crippen molar-refractivity contribution in [3.63, 3.8) is 0 Å². The molecule has 15 heavy (non-hydrogen) atoms. The second kappa shape index (κ2) is 2.95. The van der Waals surface area contributed by atoms with Crippen molar-refractivity contribution in [3.05, 3.63) is 12.2 Å². The van der Waals surface area contributed by atoms with Crippen molar-refractivity contribution in [1.82, 2.24) is 0 Å². The van der Waals surface area contributed by atoms with Gasteiger partial charge in [0.25, 0.3) is 0 Å². The van der Waals surface area contributed by atoms with E-state index in [1.54, 1.807) is 0 Å². The molecule has 2 fully saturated rings. The van der Waals surface area contributed by atoms with Gasteiger partial charge >= 0.3 is 0 Å². The molecule has 0 spiro atoms. The van der Waals surface area contributed by atoms with Crippen LogP contribution in [0, 0.1) is 17.8 Å². The van der Waals surface area contributed by atoms with E-state index < -0.39 is 9.93 Å². The van der Waals surface area contributed by atoms with Crippen LogP contribution >= 0.6 is 0 Å². The summed E-state index contributed by atoms with van der Waals surface area (Å²) >= 11 is 0. The van der Waals surface area contributed by atoms with E-state index >= 15 is 0 Å². The highest BCUT2D eigenvalue weighted by Gasteiger charge is 2.55. The molecule has 0 radical (unpaired) electrons. The van der Waals surface area contributed by atoms with Crippen molar-refractivity contribution in [3.8, 4) is 0 Å². The summed E-state index contributed by atoms with van der Waals surface area (Å²) in [4.78, 5) is -0.265. The minimum Gasteiger partial charge on any atom is -0.363 e. The fraction of sp³-hybridized carbons (Fsp3) is 0.833. The summed E-state index contributed by atoms with van der Waals surface area (Å²) in [7, 11) is -1.92. The Bertz CT molecular complexity index is 363. The van der Waals surface area contributed by atoms with Gasteiger partial charge in [-0.15, -0.1) is 0 Å². The standard InChI is InChI=1S/C12H20O2S/c1-12(8-15(12,2)13)14-7-11-6-9-3-4-10(11)5-9/h3-4,9-11,15H,5-8H2,1-2H3. The molecule has 3 aliphatic rings. The van der Waals surface area contributed by atoms with Crippen LogP contribution in [-0.2, 0) is 14.7 Å². The molecular formula is C12H20O2S. The Morgan fingerprint density at radius 2 is 2.20 bits per heavy atom. The molecule has 2 bridgehead atoms. The lowest BCUT2D eigenvalue weighted by Gasteiger charge is -2.21. The summed E-state index contributed by atoms with van der Waals surface area (Å²) in [5.41, 5.74) is 0. The molecule has 86 valence electrons. The van der Waals surface area contributed by atoms with Gasteiger partial charge in [0.05, 0.1) is 6.61 Å². The highest BCUT2D eigenvalue weighted by atomic mass is 32.3. The topological polar surface area (TPSA) is 26.3 Å². The highest BCUT2D eigenvalue weighted by Crippen LogP contribution is 2.47. The van der Waals surface area contributed by atoms with E-state index in [1.165, 1.54) is 12.8 Å². The average molecular weight is 228 g/mol. The van der Waals surface area contributed by atoms with Crippen molar-refractivity contribution in [1.29, 1.82) is 0 Å². The maximum absolute atomic E-state index is 11.8. The molecule has 0 aromatic rings. The smallest absolute Gasteiger partial charge is 0.127 e. The van der Waals surface area contributed by atoms with E-state index in [2.05, 4.69) is 12.2 Å². The zero-order chi connectivity index (χ0) is 10.7. The zero-order valence-corrected chi connectivity index (χ0v) is 10.4. The lowest BCUT2D eigenvalue weighted by atomic mass is 9.94. The van der Waals surface area contributed by atoms with E-state index in [1.807, 2.05) is 13.2 Å². The Balaban J connectivity index is 1.56. The Morgan fingerprint density at radius 1 is 1.47 bits per heavy atom. The van der Waals surface area contributed by atoms with Gasteiger partial charge in [-0.1, -0.05) is 22.1 Å². The summed E-state index contributed by atoms with van der Waals surface area (Å²) in [6.45, 7) is 2.83. The van der Waals surface area contributed by atoms with Crippen LogP contribution in [0.25, 0.3) is 0 Å². The van der Waals surface area contributed by atoms with Crippen LogP contribution in [-0.4, -0.2) is 27.8 Å². The third-order valence-corrected chi connectivity index (χ3v) is 7.63. The van der Waals surface area contributed by atoms with Crippen molar-refractivity contribution >= 4 is 9.93 Å². The summed E-state index contributed by atoms with van der Waals surface area (Å²) in [5, 5.41) is 0. The van der Waals surface area contributed by atoms with Gasteiger partial charge in [-0.25, -0.2) is 0 Å². The SMILES string of the molecule is CC1(OCC2CC3C=CC2C3)C[SH]1(C)=O. The first-order valence-corrected chi connectivity index (χ1v) is 8.23. The number of thiol groups is 1. The summed E-state index contributed by atoms with van der Waals surface area (Å²) in [6.07, 6.45) is 9.18. The van der Waals surface area contributed by atoms with Gasteiger partial charge in [0.2, 0.25) is 0 Å². The number of hydrogen-bond donors (Lipinski definition) is 1. The monoisotopic (exact) mass is 228 g/mol. The first-order valence-electron chi connectivity index (χ1n) is 5.89. The molecule has 0 N–H and O–H groups in total. The number of allylic oxidation sites excluding steroid dienone is 2. The number of rotatable bonds is 3. The predicted octanol–water partition coefficient (Wildman–Crippen LogP) is 1.59. The Kier molecular flexibility index (Phi) is 1.97. The van der Waals surface area contributed by atoms with Crippen LogP contribution in [0.2, 0.25) is 0 Å².